The number of halogens is 5. The minimum absolute atomic E-state index is 0.0141. The highest BCUT2D eigenvalue weighted by Gasteiger charge is 2.71. The monoisotopic (exact) mass is 796 g/mol. The van der Waals surface area contributed by atoms with Gasteiger partial charge in [0.15, 0.2) is 5.82 Å². The van der Waals surface area contributed by atoms with Gasteiger partial charge in [0.1, 0.15) is 12.4 Å². The van der Waals surface area contributed by atoms with Gasteiger partial charge >= 0.3 is 6.18 Å². The standard InChI is InChI=1S/C40H37Cl2F3N4O6/c41-23-12-10-21(11-13-23)39-29(36(52)49(38(39)54)47-34-30(42)18-22(20-46-34)40(43,44)45)19-28-25(33(39)26-8-4-5-9-31(26)55-17-16-50)14-15-27-32(28)37(53)48(35(27)51)24-6-2-1-3-7-24/h4-5,8-14,18,20,24,27-29,32-33,50H,1-3,6-7,15-17,19H2,(H,46,47)/t27-,28+,29-,32-,33+,39+/m0/s1. The Morgan fingerprint density at radius 3 is 2.36 bits per heavy atom. The average molecular weight is 798 g/mol. The maximum absolute atomic E-state index is 15.4. The highest BCUT2D eigenvalue weighted by molar-refractivity contribution is 6.33. The molecule has 4 amide bonds. The first-order valence-corrected chi connectivity index (χ1v) is 19.2. The van der Waals surface area contributed by atoms with Crippen molar-refractivity contribution >= 4 is 52.6 Å². The summed E-state index contributed by atoms with van der Waals surface area (Å²) in [4.78, 5) is 64.3. The summed E-state index contributed by atoms with van der Waals surface area (Å²) >= 11 is 12.6. The first kappa shape index (κ1) is 37.5. The maximum atomic E-state index is 15.4. The topological polar surface area (TPSA) is 129 Å². The number of alkyl halides is 3. The van der Waals surface area contributed by atoms with Crippen molar-refractivity contribution in [1.29, 1.82) is 0 Å². The lowest BCUT2D eigenvalue weighted by atomic mass is 9.49. The molecule has 5 aliphatic rings. The molecular weight excluding hydrogens is 760 g/mol. The van der Waals surface area contributed by atoms with Gasteiger partial charge in [-0.3, -0.25) is 29.5 Å². The van der Waals surface area contributed by atoms with Crippen LogP contribution >= 0.6 is 23.2 Å². The first-order chi connectivity index (χ1) is 26.4. The van der Waals surface area contributed by atoms with E-state index in [0.29, 0.717) is 39.7 Å². The molecular formula is C40H37Cl2F3N4O6. The van der Waals surface area contributed by atoms with Crippen molar-refractivity contribution in [1.82, 2.24) is 14.9 Å². The molecule has 0 unspecified atom stereocenters. The van der Waals surface area contributed by atoms with E-state index in [-0.39, 0.29) is 49.7 Å². The lowest BCUT2D eigenvalue weighted by Crippen LogP contribution is -2.53. The highest BCUT2D eigenvalue weighted by Crippen LogP contribution is 2.65. The number of likely N-dealkylation sites (tertiary alicyclic amines) is 1. The Morgan fingerprint density at radius 2 is 1.67 bits per heavy atom. The van der Waals surface area contributed by atoms with Crippen LogP contribution in [-0.2, 0) is 30.8 Å². The highest BCUT2D eigenvalue weighted by atomic mass is 35.5. The summed E-state index contributed by atoms with van der Waals surface area (Å²) in [5.41, 5.74) is 1.47. The van der Waals surface area contributed by atoms with Crippen molar-refractivity contribution < 1.29 is 42.2 Å². The predicted molar refractivity (Wildman–Crippen MR) is 195 cm³/mol. The number of nitrogens with one attached hydrogen (secondary N) is 1. The Morgan fingerprint density at radius 1 is 0.945 bits per heavy atom. The largest absolute Gasteiger partial charge is 0.491 e. The fourth-order valence-corrected chi connectivity index (χ4v) is 10.2. The molecule has 6 atom stereocenters. The summed E-state index contributed by atoms with van der Waals surface area (Å²) in [5.74, 6) is -6.06. The molecule has 55 heavy (non-hydrogen) atoms. The number of amides is 4. The number of benzene rings is 2. The quantitative estimate of drug-likeness (QED) is 0.183. The van der Waals surface area contributed by atoms with Crippen molar-refractivity contribution in [3.05, 3.63) is 99.2 Å². The van der Waals surface area contributed by atoms with Crippen LogP contribution in [-0.4, -0.2) is 62.9 Å². The summed E-state index contributed by atoms with van der Waals surface area (Å²) in [7, 11) is 0. The van der Waals surface area contributed by atoms with Crippen LogP contribution in [0.1, 0.15) is 67.6 Å². The number of pyridine rings is 1. The molecule has 0 radical (unpaired) electrons. The van der Waals surface area contributed by atoms with Crippen molar-refractivity contribution in [2.75, 3.05) is 18.6 Å². The number of hydrazine groups is 1. The van der Waals surface area contributed by atoms with Crippen LogP contribution in [0.3, 0.4) is 0 Å². The number of aliphatic hydroxyl groups excluding tert-OH is 1. The zero-order chi connectivity index (χ0) is 38.8. The van der Waals surface area contributed by atoms with Crippen LogP contribution in [0.4, 0.5) is 19.0 Å². The van der Waals surface area contributed by atoms with E-state index in [2.05, 4.69) is 10.4 Å². The number of carbonyl (C=O) groups excluding carboxylic acids is 4. The lowest BCUT2D eigenvalue weighted by molar-refractivity contribution is -0.144. The Hall–Kier alpha value is -4.46. The van der Waals surface area contributed by atoms with Crippen molar-refractivity contribution in [3.63, 3.8) is 0 Å². The van der Waals surface area contributed by atoms with Gasteiger partial charge < -0.3 is 9.84 Å². The van der Waals surface area contributed by atoms with Crippen molar-refractivity contribution in [2.45, 2.75) is 68.5 Å². The lowest BCUT2D eigenvalue weighted by Gasteiger charge is -2.50. The maximum Gasteiger partial charge on any atom is 0.417 e. The number of nitrogens with zero attached hydrogens (tertiary/aromatic N) is 3. The van der Waals surface area contributed by atoms with Gasteiger partial charge in [-0.1, -0.05) is 84.4 Å². The molecule has 2 aromatic carbocycles. The van der Waals surface area contributed by atoms with E-state index >= 15 is 4.79 Å². The molecule has 3 aliphatic carbocycles. The zero-order valence-corrected chi connectivity index (χ0v) is 30.9. The number of ether oxygens (including phenoxy) is 1. The van der Waals surface area contributed by atoms with Gasteiger partial charge in [0.25, 0.3) is 11.8 Å². The minimum atomic E-state index is -4.74. The second-order valence-electron chi connectivity index (χ2n) is 14.9. The summed E-state index contributed by atoms with van der Waals surface area (Å²) in [6, 6.07) is 14.0. The molecule has 4 fully saturated rings. The summed E-state index contributed by atoms with van der Waals surface area (Å²) < 4.78 is 46.6. The molecule has 10 nitrogen and oxygen atoms in total. The van der Waals surface area contributed by atoms with Gasteiger partial charge in [0.05, 0.1) is 40.4 Å². The fourth-order valence-electron chi connectivity index (χ4n) is 9.86. The van der Waals surface area contributed by atoms with E-state index in [9.17, 15) is 32.7 Å². The second-order valence-corrected chi connectivity index (χ2v) is 15.7. The zero-order valence-electron chi connectivity index (χ0n) is 29.4. The van der Waals surface area contributed by atoms with Crippen LogP contribution < -0.4 is 10.2 Å². The summed E-state index contributed by atoms with van der Waals surface area (Å²) in [5, 5.41) is 10.4. The van der Waals surface area contributed by atoms with E-state index in [1.807, 2.05) is 6.08 Å². The molecule has 288 valence electrons. The van der Waals surface area contributed by atoms with Gasteiger partial charge in [-0.15, -0.1) is 0 Å². The van der Waals surface area contributed by atoms with Gasteiger partial charge in [0.2, 0.25) is 11.8 Å². The number of imide groups is 2. The van der Waals surface area contributed by atoms with E-state index in [0.717, 1.165) is 37.1 Å². The smallest absolute Gasteiger partial charge is 0.417 e. The third-order valence-corrected chi connectivity index (χ3v) is 12.7. The van der Waals surface area contributed by atoms with Gasteiger partial charge in [0, 0.05) is 28.7 Å². The van der Waals surface area contributed by atoms with Gasteiger partial charge in [-0.2, -0.15) is 18.2 Å². The third-order valence-electron chi connectivity index (χ3n) is 12.1. The fraction of sp³-hybridized carbons (Fsp3) is 0.425. The Balaban J connectivity index is 1.31. The summed E-state index contributed by atoms with van der Waals surface area (Å²) in [6.07, 6.45) is 2.34. The van der Waals surface area contributed by atoms with Crippen LogP contribution in [0.2, 0.25) is 10.0 Å². The number of para-hydroxylation sites is 1. The van der Waals surface area contributed by atoms with Crippen molar-refractivity contribution in [3.8, 4) is 5.75 Å². The molecule has 1 aromatic heterocycles. The number of aliphatic hydroxyl groups is 1. The van der Waals surface area contributed by atoms with Crippen LogP contribution in [0.5, 0.6) is 5.75 Å². The number of allylic oxidation sites excluding steroid dienone is 2. The number of hydrogen-bond acceptors (Lipinski definition) is 8. The number of fused-ring (bicyclic) bond motifs is 4. The van der Waals surface area contributed by atoms with Crippen LogP contribution in [0, 0.1) is 23.7 Å². The molecule has 0 spiro atoms. The van der Waals surface area contributed by atoms with Crippen LogP contribution in [0.25, 0.3) is 0 Å². The Bertz CT molecular complexity index is 2090. The normalized spacial score (nSPS) is 28.2. The molecule has 8 rings (SSSR count). The molecule has 3 heterocycles. The van der Waals surface area contributed by atoms with Crippen LogP contribution in [0.15, 0.2) is 72.4 Å². The molecule has 15 heteroatoms. The average Bonchev–Trinajstić information content (AvgIpc) is 3.55. The van der Waals surface area contributed by atoms with E-state index < -0.39 is 63.6 Å². The van der Waals surface area contributed by atoms with E-state index in [1.165, 1.54) is 4.90 Å². The molecule has 2 aliphatic heterocycles. The molecule has 3 aromatic rings. The predicted octanol–water partition coefficient (Wildman–Crippen LogP) is 7.10. The SMILES string of the molecule is O=C1[C@@H]2C[C@@H]3C(=CC[C@@H]4C(=O)N(C5CCCCC5)C(=O)[C@@H]43)[C@H](c3ccccc3OCCO)[C@]2(c2ccc(Cl)cc2)C(=O)N1Nc1ncc(C(F)(F)F)cc1Cl. The Labute approximate surface area is 324 Å². The molecule has 0 bridgehead atoms. The van der Waals surface area contributed by atoms with Crippen molar-refractivity contribution in [2.24, 2.45) is 23.7 Å². The van der Waals surface area contributed by atoms with E-state index in [1.54, 1.807) is 48.5 Å². The molecule has 2 saturated carbocycles. The third kappa shape index (κ3) is 6.01. The first-order valence-electron chi connectivity index (χ1n) is 18.4. The number of aromatic nitrogens is 1. The van der Waals surface area contributed by atoms with E-state index in [4.69, 9.17) is 27.9 Å². The molecule has 2 N–H and O–H groups in total. The minimum Gasteiger partial charge on any atom is -0.491 e. The second kappa shape index (κ2) is 14.2. The van der Waals surface area contributed by atoms with Gasteiger partial charge in [-0.05, 0) is 61.4 Å². The Kier molecular flexibility index (Phi) is 9.70. The van der Waals surface area contributed by atoms with Gasteiger partial charge in [-0.25, -0.2) is 4.98 Å². The molecule has 2 saturated heterocycles. The number of carbonyl (C=O) groups is 4. The number of hydrogen-bond donors (Lipinski definition) is 2. The number of anilines is 1. The summed E-state index contributed by atoms with van der Waals surface area (Å²) in [6.45, 7) is -0.376. The number of rotatable bonds is 8.